The molecule has 0 amide bonds. The minimum absolute atomic E-state index is 0.659. The van der Waals surface area contributed by atoms with Crippen LogP contribution >= 0.6 is 0 Å². The van der Waals surface area contributed by atoms with Gasteiger partial charge in [0.2, 0.25) is 0 Å². The van der Waals surface area contributed by atoms with Crippen molar-refractivity contribution >= 4 is 5.69 Å². The highest BCUT2D eigenvalue weighted by molar-refractivity contribution is 5.46. The van der Waals surface area contributed by atoms with Gasteiger partial charge in [-0.15, -0.1) is 0 Å². The van der Waals surface area contributed by atoms with Gasteiger partial charge in [-0.2, -0.15) is 0 Å². The Morgan fingerprint density at radius 2 is 1.86 bits per heavy atom. The highest BCUT2D eigenvalue weighted by atomic mass is 14.7. The van der Waals surface area contributed by atoms with E-state index in [0.717, 1.165) is 5.69 Å². The second-order valence-corrected chi connectivity index (χ2v) is 4.19. The normalized spacial score (nSPS) is 19.1. The molecule has 2 nitrogen and oxygen atoms in total. The molecule has 14 heavy (non-hydrogen) atoms. The second-order valence-electron chi connectivity index (χ2n) is 4.19. The van der Waals surface area contributed by atoms with Gasteiger partial charge in [-0.05, 0) is 30.4 Å². The first-order valence-electron chi connectivity index (χ1n) is 5.57. The van der Waals surface area contributed by atoms with Crippen LogP contribution in [-0.2, 0) is 0 Å². The van der Waals surface area contributed by atoms with E-state index in [1.807, 2.05) is 12.3 Å². The predicted molar refractivity (Wildman–Crippen MR) is 59.1 cm³/mol. The van der Waals surface area contributed by atoms with E-state index in [-0.39, 0.29) is 0 Å². The molecule has 1 heterocycles. The number of pyridine rings is 1. The van der Waals surface area contributed by atoms with Crippen molar-refractivity contribution in [3.8, 4) is 0 Å². The third-order valence-electron chi connectivity index (χ3n) is 3.18. The minimum Gasteiger partial charge on any atom is -0.398 e. The highest BCUT2D eigenvalue weighted by Gasteiger charge is 2.16. The SMILES string of the molecule is Nc1ccncc1C1CCCCCC1. The summed E-state index contributed by atoms with van der Waals surface area (Å²) in [7, 11) is 0. The molecule has 2 N–H and O–H groups in total. The van der Waals surface area contributed by atoms with E-state index in [2.05, 4.69) is 4.98 Å². The Bertz CT molecular complexity index is 288. The average molecular weight is 190 g/mol. The van der Waals surface area contributed by atoms with Crippen LogP contribution in [-0.4, -0.2) is 4.98 Å². The summed E-state index contributed by atoms with van der Waals surface area (Å²) in [5.41, 5.74) is 8.16. The molecule has 1 aromatic heterocycles. The molecule has 0 atom stereocenters. The van der Waals surface area contributed by atoms with Gasteiger partial charge in [0, 0.05) is 18.1 Å². The van der Waals surface area contributed by atoms with Crippen LogP contribution in [0.2, 0.25) is 0 Å². The maximum Gasteiger partial charge on any atom is 0.0380 e. The molecule has 1 aromatic rings. The van der Waals surface area contributed by atoms with Crippen LogP contribution in [0.15, 0.2) is 18.5 Å². The fraction of sp³-hybridized carbons (Fsp3) is 0.583. The van der Waals surface area contributed by atoms with E-state index >= 15 is 0 Å². The number of rotatable bonds is 1. The predicted octanol–water partition coefficient (Wildman–Crippen LogP) is 3.10. The van der Waals surface area contributed by atoms with Crippen LogP contribution in [0.25, 0.3) is 0 Å². The molecule has 1 saturated carbocycles. The molecule has 0 bridgehead atoms. The van der Waals surface area contributed by atoms with Gasteiger partial charge < -0.3 is 5.73 Å². The van der Waals surface area contributed by atoms with Crippen molar-refractivity contribution in [2.45, 2.75) is 44.4 Å². The summed E-state index contributed by atoms with van der Waals surface area (Å²) in [4.78, 5) is 4.17. The molecule has 0 spiro atoms. The molecule has 0 saturated heterocycles. The van der Waals surface area contributed by atoms with Crippen LogP contribution < -0.4 is 5.73 Å². The van der Waals surface area contributed by atoms with E-state index in [0.29, 0.717) is 5.92 Å². The lowest BCUT2D eigenvalue weighted by Gasteiger charge is -2.15. The molecule has 0 radical (unpaired) electrons. The molecule has 2 rings (SSSR count). The van der Waals surface area contributed by atoms with Gasteiger partial charge >= 0.3 is 0 Å². The highest BCUT2D eigenvalue weighted by Crippen LogP contribution is 2.33. The molecular weight excluding hydrogens is 172 g/mol. The molecule has 0 aliphatic heterocycles. The van der Waals surface area contributed by atoms with Crippen LogP contribution in [0.5, 0.6) is 0 Å². The quantitative estimate of drug-likeness (QED) is 0.691. The number of aromatic nitrogens is 1. The van der Waals surface area contributed by atoms with Crippen molar-refractivity contribution in [2.75, 3.05) is 5.73 Å². The smallest absolute Gasteiger partial charge is 0.0380 e. The number of nitrogens with zero attached hydrogens (tertiary/aromatic N) is 1. The van der Waals surface area contributed by atoms with Gasteiger partial charge in [-0.1, -0.05) is 25.7 Å². The first-order valence-corrected chi connectivity index (χ1v) is 5.57. The molecule has 1 aliphatic rings. The number of hydrogen-bond donors (Lipinski definition) is 1. The first-order chi connectivity index (χ1) is 6.88. The lowest BCUT2D eigenvalue weighted by Crippen LogP contribution is -2.02. The van der Waals surface area contributed by atoms with Gasteiger partial charge in [0.25, 0.3) is 0 Å². The Hall–Kier alpha value is -1.05. The topological polar surface area (TPSA) is 38.9 Å². The van der Waals surface area contributed by atoms with Crippen molar-refractivity contribution < 1.29 is 0 Å². The van der Waals surface area contributed by atoms with Crippen molar-refractivity contribution in [3.05, 3.63) is 24.0 Å². The Labute approximate surface area is 85.5 Å². The number of nitrogen functional groups attached to an aromatic ring is 1. The van der Waals surface area contributed by atoms with E-state index in [9.17, 15) is 0 Å². The zero-order chi connectivity index (χ0) is 9.80. The van der Waals surface area contributed by atoms with Crippen LogP contribution in [0.4, 0.5) is 5.69 Å². The second kappa shape index (κ2) is 4.45. The lowest BCUT2D eigenvalue weighted by atomic mass is 9.92. The molecule has 2 heteroatoms. The van der Waals surface area contributed by atoms with Crippen molar-refractivity contribution in [1.82, 2.24) is 4.98 Å². The summed E-state index contributed by atoms with van der Waals surface area (Å²) in [6.45, 7) is 0. The number of hydrogen-bond acceptors (Lipinski definition) is 2. The fourth-order valence-electron chi connectivity index (χ4n) is 2.35. The van der Waals surface area contributed by atoms with Gasteiger partial charge in [-0.25, -0.2) is 0 Å². The zero-order valence-electron chi connectivity index (χ0n) is 8.58. The van der Waals surface area contributed by atoms with Crippen molar-refractivity contribution in [1.29, 1.82) is 0 Å². The summed E-state index contributed by atoms with van der Waals surface area (Å²) in [5, 5.41) is 0. The maximum atomic E-state index is 5.96. The van der Waals surface area contributed by atoms with E-state index in [4.69, 9.17) is 5.73 Å². The van der Waals surface area contributed by atoms with E-state index < -0.39 is 0 Å². The van der Waals surface area contributed by atoms with Crippen molar-refractivity contribution in [2.24, 2.45) is 0 Å². The van der Waals surface area contributed by atoms with Gasteiger partial charge in [0.15, 0.2) is 0 Å². The summed E-state index contributed by atoms with van der Waals surface area (Å²) in [6, 6.07) is 1.92. The summed E-state index contributed by atoms with van der Waals surface area (Å²) in [6.07, 6.45) is 11.8. The standard InChI is InChI=1S/C12H18N2/c13-12-7-8-14-9-11(12)10-5-3-1-2-4-6-10/h7-10H,1-6H2,(H2,13,14). The molecule has 0 aromatic carbocycles. The van der Waals surface area contributed by atoms with Gasteiger partial charge in [0.05, 0.1) is 0 Å². The minimum atomic E-state index is 0.659. The molecular formula is C12H18N2. The summed E-state index contributed by atoms with van der Waals surface area (Å²) >= 11 is 0. The lowest BCUT2D eigenvalue weighted by molar-refractivity contribution is 0.592. The molecule has 1 aliphatic carbocycles. The third-order valence-corrected chi connectivity index (χ3v) is 3.18. The molecule has 76 valence electrons. The summed E-state index contributed by atoms with van der Waals surface area (Å²) in [5.74, 6) is 0.659. The Morgan fingerprint density at radius 1 is 1.14 bits per heavy atom. The molecule has 1 fully saturated rings. The average Bonchev–Trinajstić information content (AvgIpc) is 2.47. The maximum absolute atomic E-state index is 5.96. The van der Waals surface area contributed by atoms with Crippen molar-refractivity contribution in [3.63, 3.8) is 0 Å². The number of nitrogens with two attached hydrogens (primary N) is 1. The Balaban J connectivity index is 2.16. The fourth-order valence-corrected chi connectivity index (χ4v) is 2.35. The number of anilines is 1. The molecule has 0 unspecified atom stereocenters. The van der Waals surface area contributed by atoms with Crippen LogP contribution in [0.3, 0.4) is 0 Å². The zero-order valence-corrected chi connectivity index (χ0v) is 8.58. The van der Waals surface area contributed by atoms with E-state index in [1.54, 1.807) is 6.20 Å². The Morgan fingerprint density at radius 3 is 2.50 bits per heavy atom. The monoisotopic (exact) mass is 190 g/mol. The van der Waals surface area contributed by atoms with Crippen LogP contribution in [0.1, 0.15) is 50.0 Å². The Kier molecular flexibility index (Phi) is 3.02. The van der Waals surface area contributed by atoms with Gasteiger partial charge in [-0.3, -0.25) is 4.98 Å². The van der Waals surface area contributed by atoms with Crippen LogP contribution in [0, 0.1) is 0 Å². The summed E-state index contributed by atoms with van der Waals surface area (Å²) < 4.78 is 0. The largest absolute Gasteiger partial charge is 0.398 e. The van der Waals surface area contributed by atoms with Gasteiger partial charge in [0.1, 0.15) is 0 Å². The first kappa shape index (κ1) is 9.50. The van der Waals surface area contributed by atoms with E-state index in [1.165, 1.54) is 44.1 Å². The third kappa shape index (κ3) is 2.06.